The molecule has 0 saturated carbocycles. The van der Waals surface area contributed by atoms with E-state index in [2.05, 4.69) is 40.7 Å². The summed E-state index contributed by atoms with van der Waals surface area (Å²) in [5.41, 5.74) is 5.62. The Bertz CT molecular complexity index is 891. The van der Waals surface area contributed by atoms with E-state index in [-0.39, 0.29) is 5.92 Å². The van der Waals surface area contributed by atoms with Gasteiger partial charge in [0, 0.05) is 0 Å². The van der Waals surface area contributed by atoms with E-state index in [0.717, 1.165) is 19.3 Å². The Morgan fingerprint density at radius 2 is 0.750 bits per heavy atom. The summed E-state index contributed by atoms with van der Waals surface area (Å²) in [6.45, 7) is 11.4. The van der Waals surface area contributed by atoms with Crippen LogP contribution in [0.4, 0.5) is 0 Å². The van der Waals surface area contributed by atoms with Crippen LogP contribution in [-0.4, -0.2) is 8.76 Å². The van der Waals surface area contributed by atoms with Gasteiger partial charge in [-0.3, -0.25) is 0 Å². The van der Waals surface area contributed by atoms with E-state index < -0.39 is 11.1 Å². The molecule has 0 heterocycles. The molecule has 0 aromatic heterocycles. The van der Waals surface area contributed by atoms with Gasteiger partial charge in [-0.15, -0.1) is 0 Å². The van der Waals surface area contributed by atoms with E-state index in [9.17, 15) is 8.76 Å². The van der Waals surface area contributed by atoms with Crippen LogP contribution in [0, 0.1) is 0 Å². The van der Waals surface area contributed by atoms with Crippen LogP contribution in [0.5, 0.6) is 0 Å². The largest absolute Gasteiger partial charge is 0.302 e. The highest BCUT2D eigenvalue weighted by Gasteiger charge is 2.22. The fourth-order valence-electron chi connectivity index (χ4n) is 7.81. The minimum atomic E-state index is -1.94. The lowest BCUT2D eigenvalue weighted by Crippen LogP contribution is -2.12. The molecule has 0 saturated heterocycles. The van der Waals surface area contributed by atoms with Crippen LogP contribution in [0.1, 0.15) is 255 Å². The maximum absolute atomic E-state index is 12.8. The summed E-state index contributed by atoms with van der Waals surface area (Å²) in [4.78, 5) is 0.709. The van der Waals surface area contributed by atoms with Crippen LogP contribution in [0.2, 0.25) is 0 Å². The molecule has 3 heteroatoms. The van der Waals surface area contributed by atoms with E-state index in [1.165, 1.54) is 209 Å². The normalized spacial score (nSPS) is 12.4. The van der Waals surface area contributed by atoms with Crippen molar-refractivity contribution in [2.45, 2.75) is 257 Å². The Kier molecular flexibility index (Phi) is 30.5. The number of hydrogen-bond donors (Lipinski definition) is 1. The third-order valence-electron chi connectivity index (χ3n) is 10.8. The molecular formula is C45H84O2S. The molecule has 1 atom stereocenters. The SMILES string of the molecule is CCCCCCCCCCCCc1cc(S(=O)O)c(C(C)C)c(CCCCCCCCCCCC)c1CCCCCCCCCCCC. The molecule has 0 aliphatic carbocycles. The molecule has 0 aliphatic heterocycles. The van der Waals surface area contributed by atoms with Crippen molar-refractivity contribution >= 4 is 11.1 Å². The van der Waals surface area contributed by atoms with E-state index in [4.69, 9.17) is 0 Å². The van der Waals surface area contributed by atoms with Crippen LogP contribution in [0.15, 0.2) is 11.0 Å². The zero-order valence-corrected chi connectivity index (χ0v) is 34.1. The first kappa shape index (κ1) is 45.4. The molecule has 48 heavy (non-hydrogen) atoms. The molecule has 2 nitrogen and oxygen atoms in total. The van der Waals surface area contributed by atoms with Gasteiger partial charge in [-0.05, 0) is 72.8 Å². The van der Waals surface area contributed by atoms with Crippen molar-refractivity contribution < 1.29 is 8.76 Å². The first-order valence-corrected chi connectivity index (χ1v) is 22.9. The molecule has 0 amide bonds. The molecule has 1 N–H and O–H groups in total. The lowest BCUT2D eigenvalue weighted by Gasteiger charge is -2.24. The fraction of sp³-hybridized carbons (Fsp3) is 0.867. The van der Waals surface area contributed by atoms with Gasteiger partial charge in [0.15, 0.2) is 11.1 Å². The molecule has 1 rings (SSSR count). The molecule has 1 aromatic rings. The van der Waals surface area contributed by atoms with Gasteiger partial charge in [0.25, 0.3) is 0 Å². The summed E-state index contributed by atoms with van der Waals surface area (Å²) in [7, 11) is 0. The molecule has 0 fully saturated rings. The van der Waals surface area contributed by atoms with Gasteiger partial charge in [0.2, 0.25) is 0 Å². The second kappa shape index (κ2) is 32.3. The van der Waals surface area contributed by atoms with Crippen molar-refractivity contribution in [3.8, 4) is 0 Å². The quantitative estimate of drug-likeness (QED) is 0.0569. The van der Waals surface area contributed by atoms with Crippen molar-refractivity contribution in [1.82, 2.24) is 0 Å². The second-order valence-electron chi connectivity index (χ2n) is 15.6. The number of hydrogen-bond acceptors (Lipinski definition) is 1. The Morgan fingerprint density at radius 3 is 1.06 bits per heavy atom. The average molecular weight is 689 g/mol. The Labute approximate surface area is 304 Å². The zero-order valence-electron chi connectivity index (χ0n) is 33.3. The minimum Gasteiger partial charge on any atom is -0.302 e. The Balaban J connectivity index is 2.90. The number of aryl methyl sites for hydroxylation is 1. The van der Waals surface area contributed by atoms with Gasteiger partial charge >= 0.3 is 0 Å². The van der Waals surface area contributed by atoms with Gasteiger partial charge in [0.1, 0.15) is 0 Å². The number of unbranched alkanes of at least 4 members (excludes halogenated alkanes) is 27. The van der Waals surface area contributed by atoms with Crippen LogP contribution >= 0.6 is 0 Å². The smallest absolute Gasteiger partial charge is 0.186 e. The highest BCUT2D eigenvalue weighted by molar-refractivity contribution is 7.79. The minimum absolute atomic E-state index is 0.270. The van der Waals surface area contributed by atoms with Gasteiger partial charge < -0.3 is 4.55 Å². The van der Waals surface area contributed by atoms with Gasteiger partial charge in [0.05, 0.1) is 4.90 Å². The first-order valence-electron chi connectivity index (χ1n) is 21.8. The van der Waals surface area contributed by atoms with Crippen LogP contribution in [0.3, 0.4) is 0 Å². The van der Waals surface area contributed by atoms with E-state index >= 15 is 0 Å². The molecule has 282 valence electrons. The summed E-state index contributed by atoms with van der Waals surface area (Å²) >= 11 is -1.94. The monoisotopic (exact) mass is 689 g/mol. The van der Waals surface area contributed by atoms with Gasteiger partial charge in [-0.2, -0.15) is 0 Å². The second-order valence-corrected chi connectivity index (χ2v) is 16.5. The van der Waals surface area contributed by atoms with Crippen molar-refractivity contribution in [2.24, 2.45) is 0 Å². The Hall–Kier alpha value is -0.670. The highest BCUT2D eigenvalue weighted by atomic mass is 32.2. The van der Waals surface area contributed by atoms with Crippen LogP contribution < -0.4 is 0 Å². The average Bonchev–Trinajstić information content (AvgIpc) is 3.07. The molecule has 0 aliphatic rings. The van der Waals surface area contributed by atoms with Crippen molar-refractivity contribution in [2.75, 3.05) is 0 Å². The summed E-state index contributed by atoms with van der Waals surface area (Å²) in [6.07, 6.45) is 43.9. The number of rotatable bonds is 35. The predicted molar refractivity (Wildman–Crippen MR) is 216 cm³/mol. The topological polar surface area (TPSA) is 37.3 Å². The van der Waals surface area contributed by atoms with Crippen molar-refractivity contribution in [1.29, 1.82) is 0 Å². The molecule has 0 radical (unpaired) electrons. The fourth-order valence-corrected chi connectivity index (χ4v) is 8.60. The van der Waals surface area contributed by atoms with Crippen molar-refractivity contribution in [3.63, 3.8) is 0 Å². The third-order valence-corrected chi connectivity index (χ3v) is 11.5. The summed E-state index contributed by atoms with van der Waals surface area (Å²) in [6, 6.07) is 2.17. The van der Waals surface area contributed by atoms with E-state index in [1.54, 1.807) is 5.56 Å². The zero-order chi connectivity index (χ0) is 35.1. The van der Waals surface area contributed by atoms with Crippen LogP contribution in [-0.2, 0) is 30.3 Å². The molecule has 0 bridgehead atoms. The van der Waals surface area contributed by atoms with E-state index in [1.807, 2.05) is 0 Å². The van der Waals surface area contributed by atoms with Gasteiger partial charge in [-0.1, -0.05) is 208 Å². The maximum Gasteiger partial charge on any atom is 0.186 e. The maximum atomic E-state index is 12.8. The lowest BCUT2D eigenvalue weighted by molar-refractivity contribution is 0.548. The molecule has 1 unspecified atom stereocenters. The summed E-state index contributed by atoms with van der Waals surface area (Å²) in [5.74, 6) is 0.270. The highest BCUT2D eigenvalue weighted by Crippen LogP contribution is 2.35. The summed E-state index contributed by atoms with van der Waals surface area (Å²) < 4.78 is 23.3. The molecule has 0 spiro atoms. The first-order chi connectivity index (χ1) is 23.5. The standard InChI is InChI=1S/C45H84O2S/c1-6-9-12-15-18-21-24-27-30-33-36-41-39-44(48(46)47)45(40(4)5)43(38-35-32-29-26-23-20-17-14-11-8-3)42(41)37-34-31-28-25-22-19-16-13-10-7-2/h39-40H,6-38H2,1-5H3,(H,46,47). The van der Waals surface area contributed by atoms with E-state index in [0.29, 0.717) is 4.90 Å². The summed E-state index contributed by atoms with van der Waals surface area (Å²) in [5, 5.41) is 0. The van der Waals surface area contributed by atoms with Crippen molar-refractivity contribution in [3.05, 3.63) is 28.3 Å². The molecule has 1 aromatic carbocycles. The van der Waals surface area contributed by atoms with Gasteiger partial charge in [-0.25, -0.2) is 4.21 Å². The lowest BCUT2D eigenvalue weighted by atomic mass is 9.83. The van der Waals surface area contributed by atoms with Crippen LogP contribution in [0.25, 0.3) is 0 Å². The third kappa shape index (κ3) is 22.2. The molecular weight excluding hydrogens is 605 g/mol. The Morgan fingerprint density at radius 1 is 0.458 bits per heavy atom. The predicted octanol–water partition coefficient (Wildman–Crippen LogP) is 15.8. The number of benzene rings is 1.